The molecular weight excluding hydrogens is 242 g/mol. The van der Waals surface area contributed by atoms with E-state index >= 15 is 0 Å². The molecule has 19 heavy (non-hydrogen) atoms. The van der Waals surface area contributed by atoms with Crippen LogP contribution >= 0.6 is 0 Å². The monoisotopic (exact) mass is 258 g/mol. The number of pyridine rings is 1. The minimum absolute atomic E-state index is 0.0213. The number of methoxy groups -OCH3 is 2. The van der Waals surface area contributed by atoms with Gasteiger partial charge in [0.2, 0.25) is 12.3 Å². The van der Waals surface area contributed by atoms with E-state index in [4.69, 9.17) is 9.47 Å². The molecule has 1 aromatic heterocycles. The molecule has 98 valence electrons. The van der Waals surface area contributed by atoms with E-state index in [1.165, 1.54) is 0 Å². The second-order valence-corrected chi connectivity index (χ2v) is 4.04. The first-order chi connectivity index (χ1) is 9.24. The number of hydrogen-bond acceptors (Lipinski definition) is 3. The Bertz CT molecular complexity index is 567. The third-order valence-corrected chi connectivity index (χ3v) is 2.81. The lowest BCUT2D eigenvalue weighted by atomic mass is 10.1. The Morgan fingerprint density at radius 3 is 2.47 bits per heavy atom. The predicted molar refractivity (Wildman–Crippen MR) is 70.5 cm³/mol. The SMILES string of the molecule is COc1ccc(OC)c(C(=O)C[n+]2ccccc2)c1. The third-order valence-electron chi connectivity index (χ3n) is 2.81. The molecule has 1 heterocycles. The lowest BCUT2D eigenvalue weighted by molar-refractivity contribution is -0.683. The van der Waals surface area contributed by atoms with Crippen molar-refractivity contribution in [1.82, 2.24) is 0 Å². The van der Waals surface area contributed by atoms with Crippen LogP contribution in [0.2, 0.25) is 0 Å². The van der Waals surface area contributed by atoms with Crippen LogP contribution in [0, 0.1) is 0 Å². The van der Waals surface area contributed by atoms with Crippen molar-refractivity contribution in [3.63, 3.8) is 0 Å². The summed E-state index contributed by atoms with van der Waals surface area (Å²) in [6.45, 7) is 0.268. The third kappa shape index (κ3) is 3.10. The van der Waals surface area contributed by atoms with Gasteiger partial charge in [-0.2, -0.15) is 4.57 Å². The second-order valence-electron chi connectivity index (χ2n) is 4.04. The van der Waals surface area contributed by atoms with Gasteiger partial charge in [-0.25, -0.2) is 0 Å². The molecule has 0 unspecified atom stereocenters. The lowest BCUT2D eigenvalue weighted by Crippen LogP contribution is -2.36. The van der Waals surface area contributed by atoms with Gasteiger partial charge in [0.05, 0.1) is 19.8 Å². The van der Waals surface area contributed by atoms with Crippen LogP contribution in [0.25, 0.3) is 0 Å². The standard InChI is InChI=1S/C15H16NO3/c1-18-12-6-7-15(19-2)13(10-12)14(17)11-16-8-4-3-5-9-16/h3-10H,11H2,1-2H3/q+1. The number of hydrogen-bond donors (Lipinski definition) is 0. The normalized spacial score (nSPS) is 10.0. The molecule has 1 aromatic carbocycles. The lowest BCUT2D eigenvalue weighted by Gasteiger charge is -2.08. The van der Waals surface area contributed by atoms with Crippen molar-refractivity contribution in [3.05, 3.63) is 54.4 Å². The van der Waals surface area contributed by atoms with Gasteiger partial charge in [-0.3, -0.25) is 4.79 Å². The number of benzene rings is 1. The first kappa shape index (κ1) is 13.1. The zero-order valence-corrected chi connectivity index (χ0v) is 11.0. The minimum atomic E-state index is -0.0213. The van der Waals surface area contributed by atoms with Crippen LogP contribution in [0.1, 0.15) is 10.4 Å². The van der Waals surface area contributed by atoms with Gasteiger partial charge in [0, 0.05) is 12.1 Å². The van der Waals surface area contributed by atoms with E-state index in [1.807, 2.05) is 35.2 Å². The molecule has 4 nitrogen and oxygen atoms in total. The summed E-state index contributed by atoms with van der Waals surface area (Å²) in [7, 11) is 3.12. The smallest absolute Gasteiger partial charge is 0.231 e. The molecule has 0 fully saturated rings. The first-order valence-corrected chi connectivity index (χ1v) is 5.94. The number of ether oxygens (including phenoxy) is 2. The van der Waals surface area contributed by atoms with Crippen LogP contribution in [-0.4, -0.2) is 20.0 Å². The van der Waals surface area contributed by atoms with E-state index in [1.54, 1.807) is 32.4 Å². The fourth-order valence-electron chi connectivity index (χ4n) is 1.82. The van der Waals surface area contributed by atoms with E-state index in [9.17, 15) is 4.79 Å². The van der Waals surface area contributed by atoms with Crippen molar-refractivity contribution in [3.8, 4) is 11.5 Å². The molecule has 2 rings (SSSR count). The molecule has 0 atom stereocenters. The van der Waals surface area contributed by atoms with Crippen LogP contribution in [-0.2, 0) is 6.54 Å². The van der Waals surface area contributed by atoms with Gasteiger partial charge in [0.1, 0.15) is 11.5 Å². The molecule has 0 aliphatic heterocycles. The fourth-order valence-corrected chi connectivity index (χ4v) is 1.82. The molecule has 0 saturated heterocycles. The largest absolute Gasteiger partial charge is 0.497 e. The first-order valence-electron chi connectivity index (χ1n) is 5.94. The highest BCUT2D eigenvalue weighted by Gasteiger charge is 2.17. The van der Waals surface area contributed by atoms with E-state index in [-0.39, 0.29) is 12.3 Å². The Balaban J connectivity index is 2.27. The van der Waals surface area contributed by atoms with Gasteiger partial charge in [-0.1, -0.05) is 6.07 Å². The number of ketones is 1. The Labute approximate surface area is 112 Å². The predicted octanol–water partition coefficient (Wildman–Crippen LogP) is 1.87. The Hall–Kier alpha value is -2.36. The Kier molecular flexibility index (Phi) is 4.13. The van der Waals surface area contributed by atoms with Crippen molar-refractivity contribution >= 4 is 5.78 Å². The molecular formula is C15H16NO3+. The van der Waals surface area contributed by atoms with Gasteiger partial charge in [-0.15, -0.1) is 0 Å². The van der Waals surface area contributed by atoms with Crippen LogP contribution in [0.5, 0.6) is 11.5 Å². The topological polar surface area (TPSA) is 39.4 Å². The van der Waals surface area contributed by atoms with Crippen LogP contribution in [0.3, 0.4) is 0 Å². The number of nitrogens with zero attached hydrogens (tertiary/aromatic N) is 1. The summed E-state index contributed by atoms with van der Waals surface area (Å²) >= 11 is 0. The molecule has 0 N–H and O–H groups in total. The zero-order valence-electron chi connectivity index (χ0n) is 11.0. The molecule has 0 spiro atoms. The highest BCUT2D eigenvalue weighted by atomic mass is 16.5. The van der Waals surface area contributed by atoms with Gasteiger partial charge >= 0.3 is 0 Å². The van der Waals surface area contributed by atoms with Crippen LogP contribution < -0.4 is 14.0 Å². The molecule has 0 saturated carbocycles. The van der Waals surface area contributed by atoms with Crippen LogP contribution in [0.15, 0.2) is 48.8 Å². The summed E-state index contributed by atoms with van der Waals surface area (Å²) in [5, 5.41) is 0. The van der Waals surface area contributed by atoms with Crippen molar-refractivity contribution < 1.29 is 18.8 Å². The van der Waals surface area contributed by atoms with Gasteiger partial charge in [0.15, 0.2) is 12.4 Å². The molecule has 0 aliphatic rings. The maximum Gasteiger partial charge on any atom is 0.231 e. The average molecular weight is 258 g/mol. The van der Waals surface area contributed by atoms with Gasteiger partial charge in [0.25, 0.3) is 0 Å². The average Bonchev–Trinajstić information content (AvgIpc) is 2.47. The number of carbonyl (C=O) groups is 1. The summed E-state index contributed by atoms with van der Waals surface area (Å²) in [4.78, 5) is 12.3. The molecule has 0 aliphatic carbocycles. The van der Waals surface area contributed by atoms with Gasteiger partial charge < -0.3 is 9.47 Å². The van der Waals surface area contributed by atoms with Gasteiger partial charge in [-0.05, 0) is 18.2 Å². The minimum Gasteiger partial charge on any atom is -0.497 e. The number of carbonyl (C=O) groups excluding carboxylic acids is 1. The molecule has 2 aromatic rings. The van der Waals surface area contributed by atoms with E-state index < -0.39 is 0 Å². The quantitative estimate of drug-likeness (QED) is 0.607. The van der Waals surface area contributed by atoms with E-state index in [0.717, 1.165) is 0 Å². The van der Waals surface area contributed by atoms with E-state index in [2.05, 4.69) is 0 Å². The molecule has 0 radical (unpaired) electrons. The maximum absolute atomic E-state index is 12.3. The summed E-state index contributed by atoms with van der Waals surface area (Å²) in [5.74, 6) is 1.18. The Morgan fingerprint density at radius 1 is 1.11 bits per heavy atom. The zero-order chi connectivity index (χ0) is 13.7. The number of rotatable bonds is 5. The summed E-state index contributed by atoms with van der Waals surface area (Å²) in [6, 6.07) is 10.9. The summed E-state index contributed by atoms with van der Waals surface area (Å²) < 4.78 is 12.2. The Morgan fingerprint density at radius 2 is 1.84 bits per heavy atom. The highest BCUT2D eigenvalue weighted by molar-refractivity contribution is 5.98. The highest BCUT2D eigenvalue weighted by Crippen LogP contribution is 2.24. The molecule has 0 amide bonds. The van der Waals surface area contributed by atoms with Crippen molar-refractivity contribution in [2.24, 2.45) is 0 Å². The van der Waals surface area contributed by atoms with E-state index in [0.29, 0.717) is 17.1 Å². The summed E-state index contributed by atoms with van der Waals surface area (Å²) in [6.07, 6.45) is 3.70. The summed E-state index contributed by atoms with van der Waals surface area (Å²) in [5.41, 5.74) is 0.526. The molecule has 0 bridgehead atoms. The molecule has 4 heteroatoms. The maximum atomic E-state index is 12.3. The van der Waals surface area contributed by atoms with Crippen molar-refractivity contribution in [2.45, 2.75) is 6.54 Å². The van der Waals surface area contributed by atoms with Crippen LogP contribution in [0.4, 0.5) is 0 Å². The second kappa shape index (κ2) is 6.00. The fraction of sp³-hybridized carbons (Fsp3) is 0.200. The van der Waals surface area contributed by atoms with Crippen molar-refractivity contribution in [2.75, 3.05) is 14.2 Å². The number of Topliss-reactive ketones (excluding diaryl/α,β-unsaturated/α-hetero) is 1. The van der Waals surface area contributed by atoms with Crippen molar-refractivity contribution in [1.29, 1.82) is 0 Å². The number of aromatic nitrogens is 1.